The summed E-state index contributed by atoms with van der Waals surface area (Å²) in [5.41, 5.74) is 1.02. The molecule has 1 aromatic heterocycles. The van der Waals surface area contributed by atoms with Crippen LogP contribution in [0.2, 0.25) is 10.0 Å². The first-order valence-electron chi connectivity index (χ1n) is 6.46. The van der Waals surface area contributed by atoms with E-state index in [1.165, 1.54) is 0 Å². The smallest absolute Gasteiger partial charge is 0.142 e. The average Bonchev–Trinajstić information content (AvgIpc) is 2.82. The summed E-state index contributed by atoms with van der Waals surface area (Å²) in [4.78, 5) is 4.31. The Morgan fingerprint density at radius 2 is 2.30 bits per heavy atom. The normalized spacial score (nSPS) is 17.6. The summed E-state index contributed by atoms with van der Waals surface area (Å²) >= 11 is 12.3. The maximum atomic E-state index is 6.18. The largest absolute Gasteiger partial charge is 0.492 e. The summed E-state index contributed by atoms with van der Waals surface area (Å²) in [6, 6.07) is 3.80. The van der Waals surface area contributed by atoms with Crippen molar-refractivity contribution < 1.29 is 4.74 Å². The molecule has 0 saturated heterocycles. The second kappa shape index (κ2) is 5.64. The van der Waals surface area contributed by atoms with Gasteiger partial charge in [0.05, 0.1) is 18.2 Å². The van der Waals surface area contributed by atoms with Gasteiger partial charge in [0, 0.05) is 42.5 Å². The maximum absolute atomic E-state index is 6.18. The molecule has 0 bridgehead atoms. The Labute approximate surface area is 127 Å². The van der Waals surface area contributed by atoms with E-state index >= 15 is 0 Å². The molecule has 0 saturated carbocycles. The molecule has 2 aromatic rings. The minimum Gasteiger partial charge on any atom is -0.492 e. The minimum atomic E-state index is 0.173. The molecule has 1 aliphatic heterocycles. The van der Waals surface area contributed by atoms with E-state index in [0.29, 0.717) is 23.2 Å². The van der Waals surface area contributed by atoms with E-state index in [1.807, 2.05) is 23.9 Å². The van der Waals surface area contributed by atoms with Crippen LogP contribution >= 0.6 is 23.2 Å². The van der Waals surface area contributed by atoms with Gasteiger partial charge < -0.3 is 14.6 Å². The van der Waals surface area contributed by atoms with E-state index in [4.69, 9.17) is 27.9 Å². The lowest BCUT2D eigenvalue weighted by Gasteiger charge is -2.27. The van der Waals surface area contributed by atoms with Crippen molar-refractivity contribution in [1.82, 2.24) is 14.9 Å². The van der Waals surface area contributed by atoms with Crippen molar-refractivity contribution in [2.45, 2.75) is 19.0 Å². The number of aryl methyl sites for hydroxylation is 1. The van der Waals surface area contributed by atoms with Crippen LogP contribution in [0.15, 0.2) is 24.5 Å². The Hall–Kier alpha value is -1.23. The van der Waals surface area contributed by atoms with E-state index in [1.54, 1.807) is 12.3 Å². The summed E-state index contributed by atoms with van der Waals surface area (Å²) < 4.78 is 7.65. The lowest BCUT2D eigenvalue weighted by atomic mass is 10.0. The lowest BCUT2D eigenvalue weighted by Crippen LogP contribution is -2.27. The number of nitrogens with zero attached hydrogens (tertiary/aromatic N) is 2. The number of imidazole rings is 1. The Morgan fingerprint density at radius 3 is 3.05 bits per heavy atom. The van der Waals surface area contributed by atoms with Crippen molar-refractivity contribution >= 4 is 23.2 Å². The van der Waals surface area contributed by atoms with Gasteiger partial charge in [0.25, 0.3) is 0 Å². The van der Waals surface area contributed by atoms with Crippen LogP contribution in [-0.4, -0.2) is 16.2 Å². The first-order chi connectivity index (χ1) is 9.65. The second-order valence-electron chi connectivity index (χ2n) is 4.83. The van der Waals surface area contributed by atoms with Crippen molar-refractivity contribution in [2.75, 3.05) is 6.61 Å². The van der Waals surface area contributed by atoms with Gasteiger partial charge in [-0.25, -0.2) is 4.98 Å². The molecule has 2 heterocycles. The fourth-order valence-electron chi connectivity index (χ4n) is 2.42. The number of benzene rings is 1. The highest BCUT2D eigenvalue weighted by Crippen LogP contribution is 2.39. The molecule has 6 heteroatoms. The highest BCUT2D eigenvalue weighted by molar-refractivity contribution is 6.35. The molecule has 1 aromatic carbocycles. The molecule has 0 aliphatic carbocycles. The molecule has 0 fully saturated rings. The van der Waals surface area contributed by atoms with Gasteiger partial charge in [-0.05, 0) is 12.1 Å². The summed E-state index contributed by atoms with van der Waals surface area (Å²) in [5.74, 6) is 1.73. The Kier molecular flexibility index (Phi) is 3.87. The monoisotopic (exact) mass is 311 g/mol. The summed E-state index contributed by atoms with van der Waals surface area (Å²) in [5, 5.41) is 4.69. The third kappa shape index (κ3) is 2.64. The minimum absolute atomic E-state index is 0.173. The fraction of sp³-hybridized carbons (Fsp3) is 0.357. The quantitative estimate of drug-likeness (QED) is 0.945. The van der Waals surface area contributed by atoms with Crippen LogP contribution in [0.3, 0.4) is 0 Å². The molecule has 0 radical (unpaired) electrons. The van der Waals surface area contributed by atoms with Gasteiger partial charge in [-0.1, -0.05) is 23.2 Å². The molecular formula is C14H15Cl2N3O. The molecule has 4 nitrogen and oxygen atoms in total. The van der Waals surface area contributed by atoms with Crippen LogP contribution in [0.1, 0.15) is 23.9 Å². The molecule has 1 atom stereocenters. The summed E-state index contributed by atoms with van der Waals surface area (Å²) in [7, 11) is 1.98. The predicted octanol–water partition coefficient (Wildman–Crippen LogP) is 3.34. The first kappa shape index (κ1) is 13.7. The molecule has 106 valence electrons. The number of rotatable bonds is 3. The van der Waals surface area contributed by atoms with Crippen LogP contribution < -0.4 is 10.1 Å². The second-order valence-corrected chi connectivity index (χ2v) is 5.67. The lowest BCUT2D eigenvalue weighted by molar-refractivity contribution is 0.251. The van der Waals surface area contributed by atoms with E-state index in [0.717, 1.165) is 23.6 Å². The topological polar surface area (TPSA) is 39.1 Å². The van der Waals surface area contributed by atoms with Crippen molar-refractivity contribution in [3.05, 3.63) is 46.0 Å². The van der Waals surface area contributed by atoms with Crippen molar-refractivity contribution in [2.24, 2.45) is 7.05 Å². The average molecular weight is 312 g/mol. The zero-order valence-electron chi connectivity index (χ0n) is 11.1. The van der Waals surface area contributed by atoms with Gasteiger partial charge in [-0.3, -0.25) is 0 Å². The standard InChI is InChI=1S/C14H15Cl2N3O/c1-19-4-3-17-13(19)8-18-12-2-5-20-14-10(12)6-9(15)7-11(14)16/h3-4,6-7,12,18H,2,5,8H2,1H3. The first-order valence-corrected chi connectivity index (χ1v) is 7.22. The van der Waals surface area contributed by atoms with Gasteiger partial charge in [0.1, 0.15) is 11.6 Å². The number of nitrogens with one attached hydrogen (secondary N) is 1. The number of hydrogen-bond acceptors (Lipinski definition) is 3. The SMILES string of the molecule is Cn1ccnc1CNC1CCOc2c(Cl)cc(Cl)cc21. The van der Waals surface area contributed by atoms with Crippen molar-refractivity contribution in [3.63, 3.8) is 0 Å². The Morgan fingerprint density at radius 1 is 1.45 bits per heavy atom. The zero-order valence-corrected chi connectivity index (χ0v) is 12.6. The number of ether oxygens (including phenoxy) is 1. The molecule has 1 aliphatic rings. The summed E-state index contributed by atoms with van der Waals surface area (Å²) in [6.45, 7) is 1.34. The van der Waals surface area contributed by atoms with Gasteiger partial charge in [-0.2, -0.15) is 0 Å². The molecule has 1 unspecified atom stereocenters. The number of fused-ring (bicyclic) bond motifs is 1. The van der Waals surface area contributed by atoms with Crippen LogP contribution in [0.25, 0.3) is 0 Å². The third-order valence-corrected chi connectivity index (χ3v) is 3.99. The molecule has 20 heavy (non-hydrogen) atoms. The highest BCUT2D eigenvalue weighted by Gasteiger charge is 2.24. The number of halogens is 2. The van der Waals surface area contributed by atoms with Crippen LogP contribution in [0.4, 0.5) is 0 Å². The molecule has 0 spiro atoms. The van der Waals surface area contributed by atoms with Crippen LogP contribution in [-0.2, 0) is 13.6 Å². The third-order valence-electron chi connectivity index (χ3n) is 3.49. The van der Waals surface area contributed by atoms with Gasteiger partial charge >= 0.3 is 0 Å². The Balaban J connectivity index is 1.81. The van der Waals surface area contributed by atoms with E-state index in [-0.39, 0.29) is 6.04 Å². The summed E-state index contributed by atoms with van der Waals surface area (Å²) in [6.07, 6.45) is 4.61. The number of aromatic nitrogens is 2. The van der Waals surface area contributed by atoms with Gasteiger partial charge in [0.2, 0.25) is 0 Å². The van der Waals surface area contributed by atoms with Gasteiger partial charge in [0.15, 0.2) is 0 Å². The molecule has 0 amide bonds. The molecule has 3 rings (SSSR count). The molecule has 1 N–H and O–H groups in total. The predicted molar refractivity (Wildman–Crippen MR) is 79.4 cm³/mol. The van der Waals surface area contributed by atoms with Crippen molar-refractivity contribution in [3.8, 4) is 5.75 Å². The van der Waals surface area contributed by atoms with Crippen LogP contribution in [0.5, 0.6) is 5.75 Å². The van der Waals surface area contributed by atoms with Gasteiger partial charge in [-0.15, -0.1) is 0 Å². The van der Waals surface area contributed by atoms with E-state index in [9.17, 15) is 0 Å². The highest BCUT2D eigenvalue weighted by atomic mass is 35.5. The number of hydrogen-bond donors (Lipinski definition) is 1. The Bertz CT molecular complexity index is 627. The fourth-order valence-corrected chi connectivity index (χ4v) is 2.98. The van der Waals surface area contributed by atoms with E-state index in [2.05, 4.69) is 10.3 Å². The zero-order chi connectivity index (χ0) is 14.1. The van der Waals surface area contributed by atoms with Crippen molar-refractivity contribution in [1.29, 1.82) is 0 Å². The maximum Gasteiger partial charge on any atom is 0.142 e. The molecular weight excluding hydrogens is 297 g/mol. The van der Waals surface area contributed by atoms with E-state index < -0.39 is 0 Å². The van der Waals surface area contributed by atoms with Crippen LogP contribution in [0, 0.1) is 0 Å².